The van der Waals surface area contributed by atoms with Crippen LogP contribution in [0.2, 0.25) is 0 Å². The fourth-order valence-electron chi connectivity index (χ4n) is 6.06. The van der Waals surface area contributed by atoms with Crippen molar-refractivity contribution in [2.75, 3.05) is 39.8 Å². The number of hydrogen-bond acceptors (Lipinski definition) is 3. The van der Waals surface area contributed by atoms with E-state index in [0.29, 0.717) is 17.8 Å². The Morgan fingerprint density at radius 3 is 2.46 bits per heavy atom. The topological polar surface area (TPSA) is 32.8 Å². The SMILES string of the molecule is COC(C)[C@@H]1CN(C(=O)c2cccc3ccccc23)CC1CN1CCC(c2ccc(F)cc2)CC1. The van der Waals surface area contributed by atoms with Gasteiger partial charge in [-0.1, -0.05) is 48.5 Å². The summed E-state index contributed by atoms with van der Waals surface area (Å²) in [5.74, 6) is 1.13. The molecular formula is C30H35FN2O2. The summed E-state index contributed by atoms with van der Waals surface area (Å²) in [6, 6.07) is 21.1. The third kappa shape index (κ3) is 5.12. The second-order valence-corrected chi connectivity index (χ2v) is 10.2. The highest BCUT2D eigenvalue weighted by molar-refractivity contribution is 6.07. The minimum absolute atomic E-state index is 0.0991. The third-order valence-electron chi connectivity index (χ3n) is 8.20. The molecule has 2 unspecified atom stereocenters. The fraction of sp³-hybridized carbons (Fsp3) is 0.433. The zero-order chi connectivity index (χ0) is 24.4. The van der Waals surface area contributed by atoms with Gasteiger partial charge in [-0.25, -0.2) is 4.39 Å². The molecule has 184 valence electrons. The highest BCUT2D eigenvalue weighted by Crippen LogP contribution is 2.33. The molecule has 0 aliphatic carbocycles. The van der Waals surface area contributed by atoms with E-state index in [9.17, 15) is 9.18 Å². The normalized spacial score (nSPS) is 22.5. The molecule has 3 atom stereocenters. The van der Waals surface area contributed by atoms with Crippen LogP contribution in [0.15, 0.2) is 66.7 Å². The van der Waals surface area contributed by atoms with Gasteiger partial charge in [0.1, 0.15) is 5.82 Å². The maximum Gasteiger partial charge on any atom is 0.254 e. The first-order valence-electron chi connectivity index (χ1n) is 12.8. The average molecular weight is 475 g/mol. The number of carbonyl (C=O) groups is 1. The molecule has 2 aliphatic heterocycles. The lowest BCUT2D eigenvalue weighted by Crippen LogP contribution is -2.40. The van der Waals surface area contributed by atoms with E-state index < -0.39 is 0 Å². The van der Waals surface area contributed by atoms with Gasteiger partial charge in [-0.15, -0.1) is 0 Å². The number of fused-ring (bicyclic) bond motifs is 1. The van der Waals surface area contributed by atoms with Gasteiger partial charge in [0.25, 0.3) is 5.91 Å². The quantitative estimate of drug-likeness (QED) is 0.467. The largest absolute Gasteiger partial charge is 0.381 e. The number of nitrogens with zero attached hydrogens (tertiary/aromatic N) is 2. The number of benzene rings is 3. The Bertz CT molecular complexity index is 1150. The summed E-state index contributed by atoms with van der Waals surface area (Å²) < 4.78 is 19.1. The second kappa shape index (κ2) is 10.5. The first kappa shape index (κ1) is 24.0. The van der Waals surface area contributed by atoms with Crippen LogP contribution in [-0.4, -0.2) is 61.6 Å². The van der Waals surface area contributed by atoms with Crippen LogP contribution in [0, 0.1) is 17.7 Å². The Hall–Kier alpha value is -2.76. The fourth-order valence-corrected chi connectivity index (χ4v) is 6.06. The van der Waals surface area contributed by atoms with E-state index in [0.717, 1.165) is 61.9 Å². The summed E-state index contributed by atoms with van der Waals surface area (Å²) in [5.41, 5.74) is 2.03. The van der Waals surface area contributed by atoms with Gasteiger partial charge in [-0.05, 0) is 79.2 Å². The van der Waals surface area contributed by atoms with Gasteiger partial charge in [0.05, 0.1) is 6.10 Å². The summed E-state index contributed by atoms with van der Waals surface area (Å²) in [7, 11) is 1.77. The molecule has 0 saturated carbocycles. The standard InChI is InChI=1S/C30H35FN2O2/c1-21(35-2)29-20-33(30(34)28-9-5-7-24-6-3-4-8-27(24)28)19-25(29)18-32-16-14-23(15-17-32)22-10-12-26(31)13-11-22/h3-13,21,23,25,29H,14-20H2,1-2H3/t21?,25?,29-/m0/s1. The van der Waals surface area contributed by atoms with Crippen LogP contribution in [0.3, 0.4) is 0 Å². The van der Waals surface area contributed by atoms with Gasteiger partial charge in [0, 0.05) is 38.2 Å². The lowest BCUT2D eigenvalue weighted by Gasteiger charge is -2.35. The Balaban J connectivity index is 1.26. The summed E-state index contributed by atoms with van der Waals surface area (Å²) >= 11 is 0. The molecule has 2 fully saturated rings. The van der Waals surface area contributed by atoms with Crippen molar-refractivity contribution in [3.8, 4) is 0 Å². The second-order valence-electron chi connectivity index (χ2n) is 10.2. The predicted molar refractivity (Wildman–Crippen MR) is 138 cm³/mol. The molecule has 5 heteroatoms. The minimum atomic E-state index is -0.173. The molecule has 1 amide bonds. The molecule has 0 aromatic heterocycles. The maximum absolute atomic E-state index is 13.6. The number of rotatable bonds is 6. The van der Waals surface area contributed by atoms with Gasteiger partial charge in [0.2, 0.25) is 0 Å². The molecule has 0 N–H and O–H groups in total. The summed E-state index contributed by atoms with van der Waals surface area (Å²) in [4.78, 5) is 18.2. The van der Waals surface area contributed by atoms with Gasteiger partial charge in [-0.2, -0.15) is 0 Å². The molecule has 3 aromatic rings. The van der Waals surface area contributed by atoms with Crippen LogP contribution in [0.5, 0.6) is 0 Å². The third-order valence-corrected chi connectivity index (χ3v) is 8.20. The van der Waals surface area contributed by atoms with Crippen molar-refractivity contribution in [1.82, 2.24) is 9.80 Å². The first-order chi connectivity index (χ1) is 17.0. The van der Waals surface area contributed by atoms with Crippen LogP contribution in [0.1, 0.15) is 41.6 Å². The number of likely N-dealkylation sites (tertiary alicyclic amines) is 2. The number of amides is 1. The minimum Gasteiger partial charge on any atom is -0.381 e. The number of carbonyl (C=O) groups excluding carboxylic acids is 1. The predicted octanol–water partition coefficient (Wildman–Crippen LogP) is 5.58. The molecule has 35 heavy (non-hydrogen) atoms. The lowest BCUT2D eigenvalue weighted by atomic mass is 9.87. The van der Waals surface area contributed by atoms with Crippen LogP contribution in [0.4, 0.5) is 4.39 Å². The Labute approximate surface area is 207 Å². The lowest BCUT2D eigenvalue weighted by molar-refractivity contribution is 0.0445. The van der Waals surface area contributed by atoms with Crippen molar-refractivity contribution >= 4 is 16.7 Å². The number of methoxy groups -OCH3 is 1. The molecule has 0 bridgehead atoms. The molecule has 0 radical (unpaired) electrons. The first-order valence-corrected chi connectivity index (χ1v) is 12.8. The number of hydrogen-bond donors (Lipinski definition) is 0. The van der Waals surface area contributed by atoms with Crippen LogP contribution in [-0.2, 0) is 4.74 Å². The Morgan fingerprint density at radius 2 is 1.71 bits per heavy atom. The average Bonchev–Trinajstić information content (AvgIpc) is 3.32. The van der Waals surface area contributed by atoms with E-state index in [1.54, 1.807) is 19.2 Å². The smallest absolute Gasteiger partial charge is 0.254 e. The monoisotopic (exact) mass is 474 g/mol. The van der Waals surface area contributed by atoms with E-state index >= 15 is 0 Å². The molecule has 0 spiro atoms. The van der Waals surface area contributed by atoms with E-state index in [1.165, 1.54) is 5.56 Å². The highest BCUT2D eigenvalue weighted by atomic mass is 19.1. The summed E-state index contributed by atoms with van der Waals surface area (Å²) in [6.45, 7) is 6.66. The van der Waals surface area contributed by atoms with Gasteiger partial charge in [-0.3, -0.25) is 4.79 Å². The van der Waals surface area contributed by atoms with Crippen molar-refractivity contribution in [2.24, 2.45) is 11.8 Å². The summed E-state index contributed by atoms with van der Waals surface area (Å²) in [5, 5.41) is 2.11. The van der Waals surface area contributed by atoms with E-state index in [-0.39, 0.29) is 17.8 Å². The van der Waals surface area contributed by atoms with Crippen molar-refractivity contribution < 1.29 is 13.9 Å². The van der Waals surface area contributed by atoms with E-state index in [1.807, 2.05) is 47.4 Å². The van der Waals surface area contributed by atoms with E-state index in [2.05, 4.69) is 24.0 Å². The zero-order valence-electron chi connectivity index (χ0n) is 20.7. The van der Waals surface area contributed by atoms with Crippen molar-refractivity contribution in [3.05, 3.63) is 83.7 Å². The highest BCUT2D eigenvalue weighted by Gasteiger charge is 2.40. The van der Waals surface area contributed by atoms with Crippen molar-refractivity contribution in [2.45, 2.75) is 31.8 Å². The zero-order valence-corrected chi connectivity index (χ0v) is 20.7. The van der Waals surface area contributed by atoms with Crippen molar-refractivity contribution in [3.63, 3.8) is 0 Å². The van der Waals surface area contributed by atoms with E-state index in [4.69, 9.17) is 4.74 Å². The summed E-state index contributed by atoms with van der Waals surface area (Å²) in [6.07, 6.45) is 2.27. The van der Waals surface area contributed by atoms with Gasteiger partial charge >= 0.3 is 0 Å². The number of ether oxygens (including phenoxy) is 1. The Kier molecular flexibility index (Phi) is 7.17. The van der Waals surface area contributed by atoms with Gasteiger partial charge in [0.15, 0.2) is 0 Å². The molecule has 3 aromatic carbocycles. The number of piperidine rings is 1. The molecular weight excluding hydrogens is 439 g/mol. The van der Waals surface area contributed by atoms with Crippen molar-refractivity contribution in [1.29, 1.82) is 0 Å². The number of halogens is 1. The molecule has 2 heterocycles. The van der Waals surface area contributed by atoms with Crippen LogP contribution >= 0.6 is 0 Å². The Morgan fingerprint density at radius 1 is 1.00 bits per heavy atom. The molecule has 5 rings (SSSR count). The van der Waals surface area contributed by atoms with Crippen LogP contribution in [0.25, 0.3) is 10.8 Å². The molecule has 4 nitrogen and oxygen atoms in total. The van der Waals surface area contributed by atoms with Crippen LogP contribution < -0.4 is 0 Å². The van der Waals surface area contributed by atoms with Gasteiger partial charge < -0.3 is 14.5 Å². The maximum atomic E-state index is 13.6. The molecule has 2 saturated heterocycles. The molecule has 2 aliphatic rings.